The van der Waals surface area contributed by atoms with Crippen molar-refractivity contribution in [1.29, 1.82) is 0 Å². The molecule has 0 aliphatic heterocycles. The Morgan fingerprint density at radius 3 is 1.69 bits per heavy atom. The molecule has 86 valence electrons. The Morgan fingerprint density at radius 2 is 1.38 bits per heavy atom. The van der Waals surface area contributed by atoms with Crippen molar-refractivity contribution in [3.8, 4) is 0 Å². The second-order valence-electron chi connectivity index (χ2n) is 4.04. The van der Waals surface area contributed by atoms with Gasteiger partial charge in [0.25, 0.3) is 0 Å². The van der Waals surface area contributed by atoms with Gasteiger partial charge in [0.1, 0.15) is 11.0 Å². The van der Waals surface area contributed by atoms with Crippen LogP contribution < -0.4 is 0 Å². The lowest BCUT2D eigenvalue weighted by Crippen LogP contribution is -2.03. The van der Waals surface area contributed by atoms with Crippen LogP contribution in [0, 0.1) is 13.8 Å². The normalized spacial score (nSPS) is 10.3. The molecule has 2 rings (SSSR count). The third-order valence-electron chi connectivity index (χ3n) is 2.47. The number of fused-ring (bicyclic) bond motifs is 1. The van der Waals surface area contributed by atoms with Gasteiger partial charge in [-0.2, -0.15) is 15.0 Å². The molecule has 3 nitrogen and oxygen atoms in total. The Bertz CT molecular complexity index is 444. The summed E-state index contributed by atoms with van der Waals surface area (Å²) in [6.07, 6.45) is 0. The quantitative estimate of drug-likeness (QED) is 0.685. The fourth-order valence-electron chi connectivity index (χ4n) is 1.42. The van der Waals surface area contributed by atoms with Gasteiger partial charge in [0.15, 0.2) is 0 Å². The monoisotopic (exact) mass is 217 g/mol. The average molecular weight is 217 g/mol. The van der Waals surface area contributed by atoms with E-state index in [2.05, 4.69) is 63.2 Å². The van der Waals surface area contributed by atoms with Crippen molar-refractivity contribution < 1.29 is 0 Å². The predicted molar refractivity (Wildman–Crippen MR) is 68.6 cm³/mol. The lowest BCUT2D eigenvalue weighted by atomic mass is 10.1. The molecular formula is C13H19N3. The first-order valence-electron chi connectivity index (χ1n) is 5.41. The lowest BCUT2D eigenvalue weighted by Gasteiger charge is -1.99. The number of rotatable bonds is 1. The van der Waals surface area contributed by atoms with E-state index in [1.54, 1.807) is 4.80 Å². The van der Waals surface area contributed by atoms with E-state index in [-0.39, 0.29) is 0 Å². The van der Waals surface area contributed by atoms with Crippen LogP contribution in [0.15, 0.2) is 25.3 Å². The fourth-order valence-corrected chi connectivity index (χ4v) is 1.42. The Kier molecular flexibility index (Phi) is 3.82. The van der Waals surface area contributed by atoms with E-state index in [0.717, 1.165) is 11.0 Å². The van der Waals surface area contributed by atoms with E-state index in [4.69, 9.17) is 0 Å². The number of aromatic nitrogens is 3. The van der Waals surface area contributed by atoms with Crippen LogP contribution in [-0.4, -0.2) is 15.0 Å². The fraction of sp³-hybridized carbons (Fsp3) is 0.385. The summed E-state index contributed by atoms with van der Waals surface area (Å²) in [5.41, 5.74) is 4.52. The van der Waals surface area contributed by atoms with E-state index < -0.39 is 0 Å². The second-order valence-corrected chi connectivity index (χ2v) is 4.04. The van der Waals surface area contributed by atoms with Crippen molar-refractivity contribution in [2.45, 2.75) is 33.7 Å². The van der Waals surface area contributed by atoms with Crippen LogP contribution in [0.4, 0.5) is 0 Å². The molecule has 1 aromatic carbocycles. The van der Waals surface area contributed by atoms with Crippen LogP contribution in [0.25, 0.3) is 11.0 Å². The Balaban J connectivity index is 0.000000606. The standard InChI is InChI=1S/C11H15N3.C2H4/c1-7(2)14-12-10-5-8(3)9(4)6-11(10)13-14;1-2/h5-7H,1-4H3;1-2H2. The summed E-state index contributed by atoms with van der Waals surface area (Å²) in [5, 5.41) is 8.84. The molecule has 0 spiro atoms. The van der Waals surface area contributed by atoms with Crippen LogP contribution in [-0.2, 0) is 0 Å². The maximum Gasteiger partial charge on any atom is 0.113 e. The summed E-state index contributed by atoms with van der Waals surface area (Å²) >= 11 is 0. The van der Waals surface area contributed by atoms with Crippen molar-refractivity contribution in [3.05, 3.63) is 36.4 Å². The van der Waals surface area contributed by atoms with Gasteiger partial charge in [-0.3, -0.25) is 0 Å². The molecule has 1 heterocycles. The molecule has 3 heteroatoms. The average Bonchev–Trinajstić information content (AvgIpc) is 2.65. The molecule has 0 radical (unpaired) electrons. The summed E-state index contributed by atoms with van der Waals surface area (Å²) in [6, 6.07) is 4.51. The molecule has 16 heavy (non-hydrogen) atoms. The van der Waals surface area contributed by atoms with Crippen LogP contribution in [0.3, 0.4) is 0 Å². The first-order valence-corrected chi connectivity index (χ1v) is 5.41. The van der Waals surface area contributed by atoms with Gasteiger partial charge in [-0.1, -0.05) is 0 Å². The summed E-state index contributed by atoms with van der Waals surface area (Å²) < 4.78 is 0. The third-order valence-corrected chi connectivity index (χ3v) is 2.47. The molecular weight excluding hydrogens is 198 g/mol. The molecule has 0 aliphatic rings. The molecule has 0 bridgehead atoms. The van der Waals surface area contributed by atoms with Gasteiger partial charge in [-0.25, -0.2) is 0 Å². The molecule has 1 aromatic heterocycles. The second kappa shape index (κ2) is 4.92. The van der Waals surface area contributed by atoms with Gasteiger partial charge in [0.05, 0.1) is 6.04 Å². The SMILES string of the molecule is C=C.Cc1cc2nn(C(C)C)nc2cc1C. The van der Waals surface area contributed by atoms with Crippen LogP contribution >= 0.6 is 0 Å². The van der Waals surface area contributed by atoms with E-state index in [1.165, 1.54) is 11.1 Å². The molecule has 0 aliphatic carbocycles. The zero-order valence-corrected chi connectivity index (χ0v) is 10.5. The summed E-state index contributed by atoms with van der Waals surface area (Å²) in [7, 11) is 0. The highest BCUT2D eigenvalue weighted by atomic mass is 15.5. The van der Waals surface area contributed by atoms with Crippen LogP contribution in [0.2, 0.25) is 0 Å². The van der Waals surface area contributed by atoms with Crippen molar-refractivity contribution in [2.75, 3.05) is 0 Å². The van der Waals surface area contributed by atoms with Crippen molar-refractivity contribution in [3.63, 3.8) is 0 Å². The topological polar surface area (TPSA) is 30.7 Å². The van der Waals surface area contributed by atoms with E-state index in [1.807, 2.05) is 0 Å². The maximum atomic E-state index is 4.42. The number of hydrogen-bond acceptors (Lipinski definition) is 2. The first kappa shape index (κ1) is 12.4. The molecule has 0 unspecified atom stereocenters. The van der Waals surface area contributed by atoms with E-state index in [9.17, 15) is 0 Å². The van der Waals surface area contributed by atoms with Crippen molar-refractivity contribution in [1.82, 2.24) is 15.0 Å². The smallest absolute Gasteiger partial charge is 0.113 e. The van der Waals surface area contributed by atoms with Gasteiger partial charge >= 0.3 is 0 Å². The molecule has 0 saturated carbocycles. The largest absolute Gasteiger partial charge is 0.181 e. The van der Waals surface area contributed by atoms with Gasteiger partial charge in [0, 0.05) is 0 Å². The molecule has 0 N–H and O–H groups in total. The minimum atomic E-state index is 0.322. The Hall–Kier alpha value is -1.64. The maximum absolute atomic E-state index is 4.42. The van der Waals surface area contributed by atoms with Gasteiger partial charge in [-0.15, -0.1) is 13.2 Å². The minimum Gasteiger partial charge on any atom is -0.181 e. The van der Waals surface area contributed by atoms with Gasteiger partial charge in [-0.05, 0) is 51.0 Å². The number of hydrogen-bond donors (Lipinski definition) is 0. The zero-order chi connectivity index (χ0) is 12.3. The lowest BCUT2D eigenvalue weighted by molar-refractivity contribution is 0.472. The third kappa shape index (κ3) is 2.30. The van der Waals surface area contributed by atoms with E-state index >= 15 is 0 Å². The Labute approximate surface area is 96.8 Å². The summed E-state index contributed by atoms with van der Waals surface area (Å²) in [4.78, 5) is 1.77. The molecule has 2 aromatic rings. The molecule has 0 saturated heterocycles. The highest BCUT2D eigenvalue weighted by molar-refractivity contribution is 5.75. The highest BCUT2D eigenvalue weighted by Crippen LogP contribution is 2.16. The number of benzene rings is 1. The summed E-state index contributed by atoms with van der Waals surface area (Å²) in [6.45, 7) is 14.4. The predicted octanol–water partition coefficient (Wildman–Crippen LogP) is 3.43. The van der Waals surface area contributed by atoms with Gasteiger partial charge < -0.3 is 0 Å². The first-order chi connectivity index (χ1) is 7.58. The van der Waals surface area contributed by atoms with Crippen molar-refractivity contribution in [2.24, 2.45) is 0 Å². The Morgan fingerprint density at radius 1 is 1.00 bits per heavy atom. The van der Waals surface area contributed by atoms with E-state index in [0.29, 0.717) is 6.04 Å². The number of aryl methyl sites for hydroxylation is 2. The summed E-state index contributed by atoms with van der Waals surface area (Å²) in [5.74, 6) is 0. The molecule has 0 fully saturated rings. The van der Waals surface area contributed by atoms with Gasteiger partial charge in [0.2, 0.25) is 0 Å². The molecule has 0 amide bonds. The highest BCUT2D eigenvalue weighted by Gasteiger charge is 2.06. The minimum absolute atomic E-state index is 0.322. The van der Waals surface area contributed by atoms with Crippen molar-refractivity contribution >= 4 is 11.0 Å². The zero-order valence-electron chi connectivity index (χ0n) is 10.5. The number of nitrogens with zero attached hydrogens (tertiary/aromatic N) is 3. The molecule has 0 atom stereocenters. The van der Waals surface area contributed by atoms with Crippen LogP contribution in [0.5, 0.6) is 0 Å². The van der Waals surface area contributed by atoms with Crippen LogP contribution in [0.1, 0.15) is 31.0 Å².